The summed E-state index contributed by atoms with van der Waals surface area (Å²) in [5.41, 5.74) is 0. The normalized spacial score (nSPS) is 17.2. The molecule has 1 fully saturated rings. The molecule has 0 radical (unpaired) electrons. The number of hydrogen-bond acceptors (Lipinski definition) is 3. The minimum absolute atomic E-state index is 0.160. The molecular weight excluding hydrogens is 281 g/mol. The molecule has 0 bridgehead atoms. The van der Waals surface area contributed by atoms with Crippen LogP contribution in [0.25, 0.3) is 0 Å². The van der Waals surface area contributed by atoms with E-state index in [9.17, 15) is 12.8 Å². The van der Waals surface area contributed by atoms with E-state index in [4.69, 9.17) is 4.74 Å². The maximum atomic E-state index is 13.4. The van der Waals surface area contributed by atoms with Gasteiger partial charge in [0.2, 0.25) is 10.0 Å². The average molecular weight is 301 g/mol. The summed E-state index contributed by atoms with van der Waals surface area (Å²) in [6.07, 6.45) is 5.92. The van der Waals surface area contributed by atoms with Crippen LogP contribution in [0.15, 0.2) is 29.2 Å². The molecule has 2 rings (SSSR count). The van der Waals surface area contributed by atoms with Gasteiger partial charge in [0.15, 0.2) is 0 Å². The molecule has 1 aromatic carbocycles. The lowest BCUT2D eigenvalue weighted by Gasteiger charge is -2.22. The Morgan fingerprint density at radius 3 is 2.60 bits per heavy atom. The summed E-state index contributed by atoms with van der Waals surface area (Å²) in [4.78, 5) is -0.322. The Balaban J connectivity index is 1.79. The van der Waals surface area contributed by atoms with Crippen molar-refractivity contribution in [2.24, 2.45) is 0 Å². The van der Waals surface area contributed by atoms with E-state index in [-0.39, 0.29) is 17.5 Å². The summed E-state index contributed by atoms with van der Waals surface area (Å²) in [6.45, 7) is 0.478. The highest BCUT2D eigenvalue weighted by molar-refractivity contribution is 7.89. The highest BCUT2D eigenvalue weighted by atomic mass is 32.2. The summed E-state index contributed by atoms with van der Waals surface area (Å²) < 4.78 is 45.2. The van der Waals surface area contributed by atoms with E-state index in [1.807, 2.05) is 0 Å². The molecule has 1 aliphatic rings. The lowest BCUT2D eigenvalue weighted by molar-refractivity contribution is 0.0321. The predicted octanol–water partition coefficient (Wildman–Crippen LogP) is 2.45. The van der Waals surface area contributed by atoms with Crippen molar-refractivity contribution in [3.63, 3.8) is 0 Å². The highest BCUT2D eigenvalue weighted by Crippen LogP contribution is 2.20. The van der Waals surface area contributed by atoms with Gasteiger partial charge in [-0.25, -0.2) is 17.5 Å². The zero-order valence-corrected chi connectivity index (χ0v) is 12.2. The van der Waals surface area contributed by atoms with Gasteiger partial charge in [-0.05, 0) is 25.0 Å². The topological polar surface area (TPSA) is 55.4 Å². The smallest absolute Gasteiger partial charge is 0.243 e. The van der Waals surface area contributed by atoms with Crippen molar-refractivity contribution in [1.29, 1.82) is 0 Å². The number of ether oxygens (including phenoxy) is 1. The van der Waals surface area contributed by atoms with Gasteiger partial charge < -0.3 is 4.74 Å². The van der Waals surface area contributed by atoms with Crippen LogP contribution in [-0.4, -0.2) is 27.7 Å². The average Bonchev–Trinajstić information content (AvgIpc) is 2.45. The van der Waals surface area contributed by atoms with E-state index < -0.39 is 15.8 Å². The molecule has 0 unspecified atom stereocenters. The van der Waals surface area contributed by atoms with Gasteiger partial charge in [-0.2, -0.15) is 0 Å². The molecular formula is C14H20FNO3S. The van der Waals surface area contributed by atoms with Crippen LogP contribution in [0.2, 0.25) is 0 Å². The van der Waals surface area contributed by atoms with E-state index in [1.54, 1.807) is 0 Å². The van der Waals surface area contributed by atoms with Crippen molar-refractivity contribution >= 4 is 10.0 Å². The standard InChI is InChI=1S/C14H20FNO3S/c15-13-8-4-5-9-14(13)20(17,18)16-10-11-19-12-6-2-1-3-7-12/h4-5,8-9,12,16H,1-3,6-7,10-11H2. The van der Waals surface area contributed by atoms with Gasteiger partial charge in [-0.15, -0.1) is 0 Å². The van der Waals surface area contributed by atoms with E-state index in [2.05, 4.69) is 4.72 Å². The summed E-state index contributed by atoms with van der Waals surface area (Å²) in [5.74, 6) is -0.742. The van der Waals surface area contributed by atoms with Crippen LogP contribution in [0.1, 0.15) is 32.1 Å². The summed E-state index contributed by atoms with van der Waals surface area (Å²) in [5, 5.41) is 0. The number of hydrogen-bond donors (Lipinski definition) is 1. The van der Waals surface area contributed by atoms with Crippen molar-refractivity contribution in [3.05, 3.63) is 30.1 Å². The minimum Gasteiger partial charge on any atom is -0.377 e. The lowest BCUT2D eigenvalue weighted by atomic mass is 9.98. The van der Waals surface area contributed by atoms with Crippen LogP contribution in [0.3, 0.4) is 0 Å². The molecule has 20 heavy (non-hydrogen) atoms. The number of halogens is 1. The first-order valence-electron chi connectivity index (χ1n) is 6.95. The molecule has 6 heteroatoms. The molecule has 0 saturated heterocycles. The molecule has 1 saturated carbocycles. The molecule has 1 aliphatic carbocycles. The largest absolute Gasteiger partial charge is 0.377 e. The molecule has 0 aromatic heterocycles. The fraction of sp³-hybridized carbons (Fsp3) is 0.571. The first-order chi connectivity index (χ1) is 9.59. The van der Waals surface area contributed by atoms with Crippen LogP contribution in [0.5, 0.6) is 0 Å². The van der Waals surface area contributed by atoms with Crippen molar-refractivity contribution < 1.29 is 17.5 Å². The Labute approximate surface area is 119 Å². The second kappa shape index (κ2) is 7.15. The number of nitrogens with one attached hydrogen (secondary N) is 1. The van der Waals surface area contributed by atoms with Gasteiger partial charge in [0.25, 0.3) is 0 Å². The van der Waals surface area contributed by atoms with Crippen molar-refractivity contribution in [3.8, 4) is 0 Å². The van der Waals surface area contributed by atoms with Crippen LogP contribution < -0.4 is 4.72 Å². The first kappa shape index (κ1) is 15.4. The van der Waals surface area contributed by atoms with Gasteiger partial charge >= 0.3 is 0 Å². The van der Waals surface area contributed by atoms with Gasteiger partial charge in [0, 0.05) is 6.54 Å². The molecule has 0 atom stereocenters. The van der Waals surface area contributed by atoms with Crippen LogP contribution in [-0.2, 0) is 14.8 Å². The van der Waals surface area contributed by atoms with E-state index in [0.29, 0.717) is 6.61 Å². The fourth-order valence-electron chi connectivity index (χ4n) is 2.37. The molecule has 0 aliphatic heterocycles. The SMILES string of the molecule is O=S(=O)(NCCOC1CCCCC1)c1ccccc1F. The Kier molecular flexibility index (Phi) is 5.51. The van der Waals surface area contributed by atoms with Gasteiger partial charge in [0.05, 0.1) is 12.7 Å². The minimum atomic E-state index is -3.80. The van der Waals surface area contributed by atoms with Crippen molar-refractivity contribution in [2.45, 2.75) is 43.1 Å². The maximum Gasteiger partial charge on any atom is 0.243 e. The molecule has 0 heterocycles. The van der Waals surface area contributed by atoms with E-state index in [1.165, 1.54) is 37.5 Å². The second-order valence-corrected chi connectivity index (χ2v) is 6.69. The number of sulfonamides is 1. The highest BCUT2D eigenvalue weighted by Gasteiger charge is 2.18. The summed E-state index contributed by atoms with van der Waals surface area (Å²) in [6, 6.07) is 5.34. The number of rotatable bonds is 6. The second-order valence-electron chi connectivity index (χ2n) is 4.96. The molecule has 0 amide bonds. The molecule has 1 aromatic rings. The Bertz CT molecular complexity index is 527. The number of benzene rings is 1. The monoisotopic (exact) mass is 301 g/mol. The zero-order chi connectivity index (χ0) is 14.4. The van der Waals surface area contributed by atoms with Crippen molar-refractivity contribution in [2.75, 3.05) is 13.2 Å². The Hall–Kier alpha value is -0.980. The third-order valence-electron chi connectivity index (χ3n) is 3.43. The molecule has 1 N–H and O–H groups in total. The van der Waals surface area contributed by atoms with Crippen molar-refractivity contribution in [1.82, 2.24) is 4.72 Å². The van der Waals surface area contributed by atoms with Crippen LogP contribution >= 0.6 is 0 Å². The summed E-state index contributed by atoms with van der Waals surface area (Å²) >= 11 is 0. The zero-order valence-electron chi connectivity index (χ0n) is 11.3. The Morgan fingerprint density at radius 1 is 1.20 bits per heavy atom. The van der Waals surface area contributed by atoms with Crippen LogP contribution in [0, 0.1) is 5.82 Å². The third-order valence-corrected chi connectivity index (χ3v) is 4.92. The quantitative estimate of drug-likeness (QED) is 0.821. The maximum absolute atomic E-state index is 13.4. The lowest BCUT2D eigenvalue weighted by Crippen LogP contribution is -2.30. The molecule has 112 valence electrons. The Morgan fingerprint density at radius 2 is 1.90 bits per heavy atom. The third kappa shape index (κ3) is 4.26. The van der Waals surface area contributed by atoms with E-state index >= 15 is 0 Å². The predicted molar refractivity (Wildman–Crippen MR) is 74.4 cm³/mol. The molecule has 0 spiro atoms. The van der Waals surface area contributed by atoms with Crippen LogP contribution in [0.4, 0.5) is 4.39 Å². The van der Waals surface area contributed by atoms with Gasteiger partial charge in [-0.3, -0.25) is 0 Å². The van der Waals surface area contributed by atoms with E-state index in [0.717, 1.165) is 18.9 Å². The molecule has 4 nitrogen and oxygen atoms in total. The van der Waals surface area contributed by atoms with Gasteiger partial charge in [-0.1, -0.05) is 31.4 Å². The van der Waals surface area contributed by atoms with Gasteiger partial charge in [0.1, 0.15) is 10.7 Å². The first-order valence-corrected chi connectivity index (χ1v) is 8.44. The fourth-order valence-corrected chi connectivity index (χ4v) is 3.46. The summed E-state index contributed by atoms with van der Waals surface area (Å²) in [7, 11) is -3.80.